The molecule has 0 fully saturated rings. The van der Waals surface area contributed by atoms with Gasteiger partial charge in [0, 0.05) is 13.0 Å². The maximum absolute atomic E-state index is 12.4. The highest BCUT2D eigenvalue weighted by Gasteiger charge is 2.11. The molecule has 56 valence electrons. The van der Waals surface area contributed by atoms with Crippen molar-refractivity contribution in [2.75, 3.05) is 6.54 Å². The molecule has 10 heavy (non-hydrogen) atoms. The molecule has 0 saturated carbocycles. The highest BCUT2D eigenvalue weighted by Crippen LogP contribution is 2.24. The second-order valence-electron chi connectivity index (χ2n) is 2.26. The molecule has 1 aliphatic carbocycles. The summed E-state index contributed by atoms with van der Waals surface area (Å²) >= 11 is 0. The van der Waals surface area contributed by atoms with E-state index in [9.17, 15) is 8.78 Å². The lowest BCUT2D eigenvalue weighted by Crippen LogP contribution is -2.06. The van der Waals surface area contributed by atoms with Crippen molar-refractivity contribution in [3.05, 3.63) is 23.3 Å². The molecule has 0 aromatic carbocycles. The molecule has 1 aliphatic rings. The van der Waals surface area contributed by atoms with Crippen molar-refractivity contribution in [3.8, 4) is 0 Å². The fourth-order valence-electron chi connectivity index (χ4n) is 0.880. The molecule has 0 amide bonds. The Balaban J connectivity index is 2.76. The standard InChI is InChI=1S/C7H9F2N/c8-6-2-1-5(4-10)3-7(6)9/h3H,1-2,4,10H2. The van der Waals surface area contributed by atoms with Gasteiger partial charge in [-0.15, -0.1) is 0 Å². The SMILES string of the molecule is NCC1=CC(F)=C(F)CC1. The molecular formula is C7H9F2N. The van der Waals surface area contributed by atoms with Gasteiger partial charge >= 0.3 is 0 Å². The normalized spacial score (nSPS) is 19.3. The smallest absolute Gasteiger partial charge is 0.154 e. The summed E-state index contributed by atoms with van der Waals surface area (Å²) in [6.07, 6.45) is 1.89. The first-order valence-electron chi connectivity index (χ1n) is 3.17. The van der Waals surface area contributed by atoms with Crippen LogP contribution in [0.2, 0.25) is 0 Å². The van der Waals surface area contributed by atoms with Gasteiger partial charge in [0.15, 0.2) is 5.83 Å². The summed E-state index contributed by atoms with van der Waals surface area (Å²) in [6.45, 7) is 0.320. The van der Waals surface area contributed by atoms with E-state index in [1.165, 1.54) is 6.08 Å². The van der Waals surface area contributed by atoms with Crippen LogP contribution in [0.25, 0.3) is 0 Å². The summed E-state index contributed by atoms with van der Waals surface area (Å²) in [5.74, 6) is -1.41. The Kier molecular flexibility index (Phi) is 2.17. The number of halogens is 2. The van der Waals surface area contributed by atoms with Crippen LogP contribution in [-0.2, 0) is 0 Å². The molecule has 1 rings (SSSR count). The van der Waals surface area contributed by atoms with E-state index in [-0.39, 0.29) is 6.42 Å². The minimum Gasteiger partial charge on any atom is -0.327 e. The number of rotatable bonds is 1. The van der Waals surface area contributed by atoms with Gasteiger partial charge in [-0.05, 0) is 12.5 Å². The van der Waals surface area contributed by atoms with Gasteiger partial charge in [0.1, 0.15) is 5.83 Å². The summed E-state index contributed by atoms with van der Waals surface area (Å²) in [5, 5.41) is 0. The Bertz CT molecular complexity index is 194. The van der Waals surface area contributed by atoms with Crippen LogP contribution in [0.1, 0.15) is 12.8 Å². The van der Waals surface area contributed by atoms with Gasteiger partial charge in [0.25, 0.3) is 0 Å². The predicted molar refractivity (Wildman–Crippen MR) is 35.6 cm³/mol. The Morgan fingerprint density at radius 3 is 2.60 bits per heavy atom. The van der Waals surface area contributed by atoms with Crippen molar-refractivity contribution in [1.29, 1.82) is 0 Å². The quantitative estimate of drug-likeness (QED) is 0.598. The van der Waals surface area contributed by atoms with Gasteiger partial charge in [-0.3, -0.25) is 0 Å². The summed E-state index contributed by atoms with van der Waals surface area (Å²) in [6, 6.07) is 0. The van der Waals surface area contributed by atoms with Gasteiger partial charge < -0.3 is 5.73 Å². The summed E-state index contributed by atoms with van der Waals surface area (Å²) in [5.41, 5.74) is 6.01. The minimum absolute atomic E-state index is 0.162. The summed E-state index contributed by atoms with van der Waals surface area (Å²) in [7, 11) is 0. The molecule has 0 unspecified atom stereocenters. The molecule has 0 aromatic heterocycles. The molecule has 0 radical (unpaired) electrons. The van der Waals surface area contributed by atoms with Crippen molar-refractivity contribution < 1.29 is 8.78 Å². The zero-order valence-corrected chi connectivity index (χ0v) is 5.53. The summed E-state index contributed by atoms with van der Waals surface area (Å²) in [4.78, 5) is 0. The lowest BCUT2D eigenvalue weighted by Gasteiger charge is -2.08. The Morgan fingerprint density at radius 2 is 2.10 bits per heavy atom. The summed E-state index contributed by atoms with van der Waals surface area (Å²) < 4.78 is 24.7. The van der Waals surface area contributed by atoms with Crippen molar-refractivity contribution in [2.45, 2.75) is 12.8 Å². The largest absolute Gasteiger partial charge is 0.327 e. The lowest BCUT2D eigenvalue weighted by molar-refractivity contribution is 0.509. The Hall–Kier alpha value is -0.700. The molecule has 2 N–H and O–H groups in total. The molecule has 0 aliphatic heterocycles. The zero-order valence-electron chi connectivity index (χ0n) is 5.53. The molecule has 0 aromatic rings. The van der Waals surface area contributed by atoms with Crippen LogP contribution in [-0.4, -0.2) is 6.54 Å². The third-order valence-corrected chi connectivity index (χ3v) is 1.52. The fourth-order valence-corrected chi connectivity index (χ4v) is 0.880. The number of hydrogen-bond donors (Lipinski definition) is 1. The molecule has 3 heteroatoms. The van der Waals surface area contributed by atoms with Crippen molar-refractivity contribution >= 4 is 0 Å². The van der Waals surface area contributed by atoms with Crippen LogP contribution >= 0.6 is 0 Å². The maximum Gasteiger partial charge on any atom is 0.154 e. The third-order valence-electron chi connectivity index (χ3n) is 1.52. The van der Waals surface area contributed by atoms with E-state index in [1.807, 2.05) is 0 Å². The first-order valence-corrected chi connectivity index (χ1v) is 3.17. The van der Waals surface area contributed by atoms with E-state index in [1.54, 1.807) is 0 Å². The van der Waals surface area contributed by atoms with Crippen LogP contribution in [0.5, 0.6) is 0 Å². The van der Waals surface area contributed by atoms with Gasteiger partial charge in [-0.1, -0.05) is 5.57 Å². The maximum atomic E-state index is 12.4. The molecule has 1 nitrogen and oxygen atoms in total. The van der Waals surface area contributed by atoms with Gasteiger partial charge in [-0.25, -0.2) is 8.78 Å². The predicted octanol–water partition coefficient (Wildman–Crippen LogP) is 1.82. The number of allylic oxidation sites excluding steroid dienone is 3. The van der Waals surface area contributed by atoms with Crippen molar-refractivity contribution in [1.82, 2.24) is 0 Å². The molecule has 0 heterocycles. The van der Waals surface area contributed by atoms with E-state index in [4.69, 9.17) is 5.73 Å². The number of nitrogens with two attached hydrogens (primary N) is 1. The van der Waals surface area contributed by atoms with E-state index in [0.717, 1.165) is 5.57 Å². The second kappa shape index (κ2) is 2.92. The second-order valence-corrected chi connectivity index (χ2v) is 2.26. The van der Waals surface area contributed by atoms with Crippen molar-refractivity contribution in [3.63, 3.8) is 0 Å². The van der Waals surface area contributed by atoms with Crippen LogP contribution in [0.15, 0.2) is 23.3 Å². The Morgan fingerprint density at radius 1 is 1.40 bits per heavy atom. The van der Waals surface area contributed by atoms with Gasteiger partial charge in [0.2, 0.25) is 0 Å². The van der Waals surface area contributed by atoms with Crippen LogP contribution in [0.4, 0.5) is 8.78 Å². The van der Waals surface area contributed by atoms with Crippen LogP contribution in [0, 0.1) is 0 Å². The molecule has 0 saturated heterocycles. The lowest BCUT2D eigenvalue weighted by atomic mass is 10.0. The molecule has 0 spiro atoms. The van der Waals surface area contributed by atoms with E-state index >= 15 is 0 Å². The van der Waals surface area contributed by atoms with Crippen LogP contribution < -0.4 is 5.73 Å². The molecule has 0 bridgehead atoms. The highest BCUT2D eigenvalue weighted by molar-refractivity contribution is 5.26. The topological polar surface area (TPSA) is 26.0 Å². The van der Waals surface area contributed by atoms with Gasteiger partial charge in [0.05, 0.1) is 0 Å². The first-order chi connectivity index (χ1) is 4.74. The van der Waals surface area contributed by atoms with Crippen molar-refractivity contribution in [2.24, 2.45) is 5.73 Å². The average Bonchev–Trinajstić information content (AvgIpc) is 1.95. The van der Waals surface area contributed by atoms with E-state index in [2.05, 4.69) is 0 Å². The van der Waals surface area contributed by atoms with E-state index in [0.29, 0.717) is 13.0 Å². The first kappa shape index (κ1) is 7.41. The third kappa shape index (κ3) is 1.42. The average molecular weight is 145 g/mol. The minimum atomic E-state index is -0.758. The fraction of sp³-hybridized carbons (Fsp3) is 0.429. The molecule has 0 atom stereocenters. The Labute approximate surface area is 58.2 Å². The monoisotopic (exact) mass is 145 g/mol. The number of hydrogen-bond acceptors (Lipinski definition) is 1. The van der Waals surface area contributed by atoms with Crippen LogP contribution in [0.3, 0.4) is 0 Å². The zero-order chi connectivity index (χ0) is 7.56. The van der Waals surface area contributed by atoms with Gasteiger partial charge in [-0.2, -0.15) is 0 Å². The molecular weight excluding hydrogens is 136 g/mol. The highest BCUT2D eigenvalue weighted by atomic mass is 19.2. The van der Waals surface area contributed by atoms with E-state index < -0.39 is 11.7 Å².